The molecule has 1 unspecified atom stereocenters. The summed E-state index contributed by atoms with van der Waals surface area (Å²) in [5, 5.41) is 10.4. The third-order valence-electron chi connectivity index (χ3n) is 3.57. The number of rotatable bonds is 4. The van der Waals surface area contributed by atoms with Crippen molar-refractivity contribution in [2.24, 2.45) is 5.92 Å². The lowest BCUT2D eigenvalue weighted by molar-refractivity contribution is -0.171. The Morgan fingerprint density at radius 1 is 1.10 bits per heavy atom. The minimum atomic E-state index is -4.74. The molecule has 0 heterocycles. The van der Waals surface area contributed by atoms with E-state index in [1.54, 1.807) is 0 Å². The summed E-state index contributed by atoms with van der Waals surface area (Å²) in [6, 6.07) is -2.31. The van der Waals surface area contributed by atoms with Crippen molar-refractivity contribution in [3.63, 3.8) is 0 Å². The van der Waals surface area contributed by atoms with E-state index in [0.717, 1.165) is 32.1 Å². The minimum absolute atomic E-state index is 0.436. The molecular weight excluding hydrogens is 275 g/mol. The Hall–Kier alpha value is -1.27. The third kappa shape index (κ3) is 5.79. The number of aliphatic carboxylic acids is 1. The van der Waals surface area contributed by atoms with Crippen LogP contribution in [0.3, 0.4) is 0 Å². The molecule has 1 saturated carbocycles. The van der Waals surface area contributed by atoms with Crippen LogP contribution in [0, 0.1) is 5.92 Å². The molecule has 0 aromatic rings. The average Bonchev–Trinajstić information content (AvgIpc) is 2.25. The normalized spacial score (nSPS) is 19.8. The smallest absolute Gasteiger partial charge is 0.409 e. The second-order valence-electron chi connectivity index (χ2n) is 5.24. The molecule has 1 aliphatic carbocycles. The molecule has 1 aliphatic rings. The Labute approximate surface area is 115 Å². The van der Waals surface area contributed by atoms with Crippen molar-refractivity contribution in [1.29, 1.82) is 0 Å². The number of carboxylic acid groups (broad SMARTS) is 1. The monoisotopic (exact) mass is 295 g/mol. The molecule has 0 radical (unpaired) electrons. The fourth-order valence-corrected chi connectivity index (χ4v) is 2.43. The summed E-state index contributed by atoms with van der Waals surface area (Å²) in [4.78, 5) is 22.4. The maximum Gasteiger partial charge on any atom is 0.409 e. The summed E-state index contributed by atoms with van der Waals surface area (Å²) in [5.41, 5.74) is 0. The van der Waals surface area contributed by atoms with Crippen molar-refractivity contribution < 1.29 is 27.9 Å². The number of nitrogens with one attached hydrogen (secondary N) is 1. The molecule has 1 fully saturated rings. The summed E-state index contributed by atoms with van der Waals surface area (Å²) in [7, 11) is 0. The van der Waals surface area contributed by atoms with E-state index in [0.29, 0.717) is 12.8 Å². The van der Waals surface area contributed by atoms with Gasteiger partial charge in [-0.3, -0.25) is 9.59 Å². The van der Waals surface area contributed by atoms with Gasteiger partial charge in [-0.2, -0.15) is 13.2 Å². The van der Waals surface area contributed by atoms with E-state index in [1.165, 1.54) is 0 Å². The summed E-state index contributed by atoms with van der Waals surface area (Å²) in [6.07, 6.45) is -0.00621. The van der Waals surface area contributed by atoms with Crippen LogP contribution in [0.1, 0.15) is 51.4 Å². The molecule has 1 atom stereocenters. The highest BCUT2D eigenvalue weighted by molar-refractivity contribution is 5.80. The Morgan fingerprint density at radius 2 is 1.60 bits per heavy atom. The van der Waals surface area contributed by atoms with Gasteiger partial charge in [0, 0.05) is 5.92 Å². The van der Waals surface area contributed by atoms with E-state index in [9.17, 15) is 22.8 Å². The van der Waals surface area contributed by atoms with Crippen LogP contribution in [-0.4, -0.2) is 29.2 Å². The lowest BCUT2D eigenvalue weighted by Crippen LogP contribution is -2.48. The molecule has 0 spiro atoms. The van der Waals surface area contributed by atoms with Crippen LogP contribution in [0.5, 0.6) is 0 Å². The third-order valence-corrected chi connectivity index (χ3v) is 3.57. The standard InChI is InChI=1S/C13H20F3NO3/c14-13(15,16)10(8-11(18)19)17-12(20)9-6-4-2-1-3-5-7-9/h9-10H,1-8H2,(H,17,20)(H,18,19). The first kappa shape index (κ1) is 16.8. The van der Waals surface area contributed by atoms with Gasteiger partial charge in [-0.15, -0.1) is 0 Å². The SMILES string of the molecule is O=C(O)CC(NC(=O)C1CCCCCCC1)C(F)(F)F. The van der Waals surface area contributed by atoms with E-state index in [4.69, 9.17) is 5.11 Å². The summed E-state index contributed by atoms with van der Waals surface area (Å²) >= 11 is 0. The molecule has 0 saturated heterocycles. The van der Waals surface area contributed by atoms with Gasteiger partial charge in [0.15, 0.2) is 0 Å². The number of carboxylic acids is 1. The highest BCUT2D eigenvalue weighted by atomic mass is 19.4. The average molecular weight is 295 g/mol. The van der Waals surface area contributed by atoms with Crippen molar-refractivity contribution >= 4 is 11.9 Å². The number of hydrogen-bond donors (Lipinski definition) is 2. The summed E-state index contributed by atoms with van der Waals surface area (Å²) in [6.45, 7) is 0. The fourth-order valence-electron chi connectivity index (χ4n) is 2.43. The number of hydrogen-bond acceptors (Lipinski definition) is 2. The number of carbonyl (C=O) groups excluding carboxylic acids is 1. The molecule has 20 heavy (non-hydrogen) atoms. The van der Waals surface area contributed by atoms with Crippen molar-refractivity contribution in [3.8, 4) is 0 Å². The van der Waals surface area contributed by atoms with E-state index in [2.05, 4.69) is 0 Å². The fraction of sp³-hybridized carbons (Fsp3) is 0.846. The lowest BCUT2D eigenvalue weighted by Gasteiger charge is -2.24. The van der Waals surface area contributed by atoms with Gasteiger partial charge in [0.2, 0.25) is 5.91 Å². The molecule has 116 valence electrons. The van der Waals surface area contributed by atoms with Gasteiger partial charge in [0.05, 0.1) is 6.42 Å². The van der Waals surface area contributed by atoms with Gasteiger partial charge in [-0.25, -0.2) is 0 Å². The van der Waals surface area contributed by atoms with Crippen LogP contribution in [0.25, 0.3) is 0 Å². The maximum atomic E-state index is 12.7. The first-order valence-electron chi connectivity index (χ1n) is 6.89. The van der Waals surface area contributed by atoms with Crippen LogP contribution >= 0.6 is 0 Å². The Kier molecular flexibility index (Phi) is 6.29. The predicted molar refractivity (Wildman–Crippen MR) is 66.0 cm³/mol. The molecule has 1 amide bonds. The molecule has 0 aliphatic heterocycles. The van der Waals surface area contributed by atoms with Gasteiger partial charge < -0.3 is 10.4 Å². The number of halogens is 3. The van der Waals surface area contributed by atoms with Crippen molar-refractivity contribution in [2.45, 2.75) is 63.6 Å². The minimum Gasteiger partial charge on any atom is -0.481 e. The van der Waals surface area contributed by atoms with E-state index < -0.39 is 36.4 Å². The zero-order valence-electron chi connectivity index (χ0n) is 11.2. The van der Waals surface area contributed by atoms with E-state index in [-0.39, 0.29) is 0 Å². The lowest BCUT2D eigenvalue weighted by atomic mass is 9.90. The highest BCUT2D eigenvalue weighted by Gasteiger charge is 2.42. The van der Waals surface area contributed by atoms with Gasteiger partial charge in [0.25, 0.3) is 0 Å². The molecule has 2 N–H and O–H groups in total. The quantitative estimate of drug-likeness (QED) is 0.838. The van der Waals surface area contributed by atoms with Crippen LogP contribution in [0.2, 0.25) is 0 Å². The van der Waals surface area contributed by atoms with Gasteiger partial charge in [-0.05, 0) is 12.8 Å². The van der Waals surface area contributed by atoms with E-state index >= 15 is 0 Å². The van der Waals surface area contributed by atoms with Gasteiger partial charge in [-0.1, -0.05) is 32.1 Å². The molecule has 0 aromatic heterocycles. The van der Waals surface area contributed by atoms with Crippen LogP contribution in [0.15, 0.2) is 0 Å². The van der Waals surface area contributed by atoms with Gasteiger partial charge >= 0.3 is 12.1 Å². The topological polar surface area (TPSA) is 66.4 Å². The first-order chi connectivity index (χ1) is 9.30. The Morgan fingerprint density at radius 3 is 2.05 bits per heavy atom. The van der Waals surface area contributed by atoms with E-state index in [1.807, 2.05) is 5.32 Å². The van der Waals surface area contributed by atoms with Crippen LogP contribution in [-0.2, 0) is 9.59 Å². The summed E-state index contributed by atoms with van der Waals surface area (Å²) in [5.74, 6) is -2.69. The van der Waals surface area contributed by atoms with Gasteiger partial charge in [0.1, 0.15) is 6.04 Å². The number of alkyl halides is 3. The molecular formula is C13H20F3NO3. The zero-order chi connectivity index (χ0) is 15.2. The van der Waals surface area contributed by atoms with Crippen LogP contribution in [0.4, 0.5) is 13.2 Å². The Bertz CT molecular complexity index is 336. The van der Waals surface area contributed by atoms with Crippen LogP contribution < -0.4 is 5.32 Å². The molecule has 1 rings (SSSR count). The van der Waals surface area contributed by atoms with Crippen molar-refractivity contribution in [2.75, 3.05) is 0 Å². The second-order valence-corrected chi connectivity index (χ2v) is 5.24. The van der Waals surface area contributed by atoms with Crippen molar-refractivity contribution in [3.05, 3.63) is 0 Å². The molecule has 0 aromatic carbocycles. The second kappa shape index (κ2) is 7.50. The summed E-state index contributed by atoms with van der Waals surface area (Å²) < 4.78 is 38.0. The molecule has 4 nitrogen and oxygen atoms in total. The maximum absolute atomic E-state index is 12.7. The predicted octanol–water partition coefficient (Wildman–Crippen LogP) is 2.87. The molecule has 7 heteroatoms. The highest BCUT2D eigenvalue weighted by Crippen LogP contribution is 2.26. The van der Waals surface area contributed by atoms with Crippen molar-refractivity contribution in [1.82, 2.24) is 5.32 Å². The largest absolute Gasteiger partial charge is 0.481 e. The number of carbonyl (C=O) groups is 2. The number of amides is 1. The Balaban J connectivity index is 2.61. The first-order valence-corrected chi connectivity index (χ1v) is 6.89. The molecule has 0 bridgehead atoms. The zero-order valence-corrected chi connectivity index (χ0v) is 11.2.